The first-order chi connectivity index (χ1) is 14.0. The summed E-state index contributed by atoms with van der Waals surface area (Å²) in [7, 11) is 0. The summed E-state index contributed by atoms with van der Waals surface area (Å²) >= 11 is 12.3. The molecule has 30 heavy (non-hydrogen) atoms. The lowest BCUT2D eigenvalue weighted by atomic mass is 10.1. The van der Waals surface area contributed by atoms with Crippen LogP contribution in [0, 0.1) is 12.8 Å². The van der Waals surface area contributed by atoms with Crippen molar-refractivity contribution in [3.05, 3.63) is 63.5 Å². The smallest absolute Gasteiger partial charge is 0.309 e. The Bertz CT molecular complexity index is 1040. The second-order valence-corrected chi connectivity index (χ2v) is 7.65. The molecule has 2 aromatic heterocycles. The maximum absolute atomic E-state index is 12.8. The Morgan fingerprint density at radius 2 is 1.87 bits per heavy atom. The molecule has 1 unspecified atom stereocenters. The summed E-state index contributed by atoms with van der Waals surface area (Å²) in [5, 5.41) is 11.5. The van der Waals surface area contributed by atoms with Gasteiger partial charge in [-0.05, 0) is 25.1 Å². The van der Waals surface area contributed by atoms with Crippen LogP contribution in [0.5, 0.6) is 0 Å². The predicted molar refractivity (Wildman–Crippen MR) is 108 cm³/mol. The van der Waals surface area contributed by atoms with Crippen molar-refractivity contribution in [3.8, 4) is 0 Å². The SMILES string of the molecule is Cc1cc(C(F)(F)F)nn1CC(C)C(=O)Nc1ccn(Cc2c(Cl)cccc2Cl)n1. The number of hydrogen-bond donors (Lipinski definition) is 1. The molecule has 160 valence electrons. The van der Waals surface area contributed by atoms with Crippen molar-refractivity contribution in [2.24, 2.45) is 5.92 Å². The van der Waals surface area contributed by atoms with Crippen molar-refractivity contribution in [2.45, 2.75) is 33.1 Å². The molecule has 1 atom stereocenters. The van der Waals surface area contributed by atoms with Crippen LogP contribution in [0.15, 0.2) is 36.5 Å². The lowest BCUT2D eigenvalue weighted by Crippen LogP contribution is -2.25. The topological polar surface area (TPSA) is 64.7 Å². The van der Waals surface area contributed by atoms with Gasteiger partial charge in [0.2, 0.25) is 5.91 Å². The fraction of sp³-hybridized carbons (Fsp3) is 0.316. The van der Waals surface area contributed by atoms with Crippen molar-refractivity contribution in [3.63, 3.8) is 0 Å². The zero-order valence-electron chi connectivity index (χ0n) is 16.0. The highest BCUT2D eigenvalue weighted by molar-refractivity contribution is 6.35. The van der Waals surface area contributed by atoms with Gasteiger partial charge in [0.05, 0.1) is 19.0 Å². The number of halogens is 5. The molecule has 0 aliphatic carbocycles. The van der Waals surface area contributed by atoms with Gasteiger partial charge in [0.25, 0.3) is 0 Å². The number of amides is 1. The minimum absolute atomic E-state index is 0.00366. The number of rotatable bonds is 6. The van der Waals surface area contributed by atoms with Gasteiger partial charge in [-0.1, -0.05) is 36.2 Å². The van der Waals surface area contributed by atoms with E-state index in [1.54, 1.807) is 42.1 Å². The van der Waals surface area contributed by atoms with Gasteiger partial charge in [0.1, 0.15) is 0 Å². The van der Waals surface area contributed by atoms with Gasteiger partial charge in [-0.15, -0.1) is 0 Å². The van der Waals surface area contributed by atoms with E-state index in [4.69, 9.17) is 23.2 Å². The van der Waals surface area contributed by atoms with E-state index in [0.717, 1.165) is 6.07 Å². The maximum Gasteiger partial charge on any atom is 0.435 e. The standard InChI is InChI=1S/C19H18Cl2F3N5O/c1-11(9-29-12(2)8-16(26-29)19(22,23)24)18(30)25-17-6-7-28(27-17)10-13-14(20)4-3-5-15(13)21/h3-8,11H,9-10H2,1-2H3,(H,25,27,30). The maximum atomic E-state index is 12.8. The van der Waals surface area contributed by atoms with E-state index < -0.39 is 17.8 Å². The number of nitrogens with zero attached hydrogens (tertiary/aromatic N) is 4. The summed E-state index contributed by atoms with van der Waals surface area (Å²) in [6.45, 7) is 3.43. The zero-order valence-corrected chi connectivity index (χ0v) is 17.6. The zero-order chi connectivity index (χ0) is 22.1. The van der Waals surface area contributed by atoms with Crippen LogP contribution >= 0.6 is 23.2 Å². The van der Waals surface area contributed by atoms with Crippen molar-refractivity contribution >= 4 is 34.9 Å². The quantitative estimate of drug-likeness (QED) is 0.561. The molecule has 1 aromatic carbocycles. The summed E-state index contributed by atoms with van der Waals surface area (Å²) in [6.07, 6.45) is -2.87. The highest BCUT2D eigenvalue weighted by Gasteiger charge is 2.34. The Morgan fingerprint density at radius 1 is 1.20 bits per heavy atom. The minimum atomic E-state index is -4.53. The fourth-order valence-corrected chi connectivity index (χ4v) is 3.30. The van der Waals surface area contributed by atoms with Gasteiger partial charge in [0, 0.05) is 33.6 Å². The summed E-state index contributed by atoms with van der Waals surface area (Å²) in [5.41, 5.74) is 0.0391. The number of alkyl halides is 3. The second kappa shape index (κ2) is 8.69. The molecule has 0 bridgehead atoms. The second-order valence-electron chi connectivity index (χ2n) is 6.84. The summed E-state index contributed by atoms with van der Waals surface area (Å²) < 4.78 is 41.1. The van der Waals surface area contributed by atoms with Crippen LogP contribution in [0.4, 0.5) is 19.0 Å². The molecular formula is C19H18Cl2F3N5O. The van der Waals surface area contributed by atoms with Crippen LogP contribution < -0.4 is 5.32 Å². The molecule has 1 N–H and O–H groups in total. The van der Waals surface area contributed by atoms with Gasteiger partial charge in [-0.3, -0.25) is 14.2 Å². The van der Waals surface area contributed by atoms with Crippen LogP contribution in [-0.2, 0) is 24.1 Å². The Kier molecular flexibility index (Phi) is 6.42. The lowest BCUT2D eigenvalue weighted by molar-refractivity contribution is -0.141. The van der Waals surface area contributed by atoms with Gasteiger partial charge in [-0.25, -0.2) is 0 Å². The molecule has 0 aliphatic rings. The Balaban J connectivity index is 1.63. The first-order valence-electron chi connectivity index (χ1n) is 8.93. The molecule has 6 nitrogen and oxygen atoms in total. The van der Waals surface area contributed by atoms with Crippen LogP contribution in [-0.4, -0.2) is 25.5 Å². The fourth-order valence-electron chi connectivity index (χ4n) is 2.79. The molecule has 0 aliphatic heterocycles. The minimum Gasteiger partial charge on any atom is -0.309 e. The predicted octanol–water partition coefficient (Wildman–Crippen LogP) is 5.04. The van der Waals surface area contributed by atoms with Crippen LogP contribution in [0.2, 0.25) is 10.0 Å². The largest absolute Gasteiger partial charge is 0.435 e. The molecule has 3 aromatic rings. The van der Waals surface area contributed by atoms with E-state index in [2.05, 4.69) is 15.5 Å². The van der Waals surface area contributed by atoms with Crippen molar-refractivity contribution in [2.75, 3.05) is 5.32 Å². The van der Waals surface area contributed by atoms with Crippen molar-refractivity contribution in [1.29, 1.82) is 0 Å². The molecule has 0 saturated heterocycles. The number of anilines is 1. The van der Waals surface area contributed by atoms with Crippen molar-refractivity contribution < 1.29 is 18.0 Å². The highest BCUT2D eigenvalue weighted by Crippen LogP contribution is 2.29. The highest BCUT2D eigenvalue weighted by atomic mass is 35.5. The number of carbonyl (C=O) groups excluding carboxylic acids is 1. The van der Waals surface area contributed by atoms with Gasteiger partial charge in [-0.2, -0.15) is 23.4 Å². The Hall–Kier alpha value is -2.52. The number of nitrogens with one attached hydrogen (secondary N) is 1. The first kappa shape index (κ1) is 22.2. The monoisotopic (exact) mass is 459 g/mol. The van der Waals surface area contributed by atoms with E-state index >= 15 is 0 Å². The molecule has 0 spiro atoms. The molecule has 2 heterocycles. The van der Waals surface area contributed by atoms with E-state index in [1.807, 2.05) is 0 Å². The normalized spacial score (nSPS) is 12.8. The number of benzene rings is 1. The molecule has 1 amide bonds. The number of carbonyl (C=O) groups is 1. The summed E-state index contributed by atoms with van der Waals surface area (Å²) in [5.74, 6) is -0.712. The lowest BCUT2D eigenvalue weighted by Gasteiger charge is -2.12. The van der Waals surface area contributed by atoms with Crippen LogP contribution in [0.1, 0.15) is 23.9 Å². The van der Waals surface area contributed by atoms with Gasteiger partial charge in [0.15, 0.2) is 11.5 Å². The Labute approximate surface area is 180 Å². The van der Waals surface area contributed by atoms with Crippen LogP contribution in [0.25, 0.3) is 0 Å². The molecule has 3 rings (SSSR count). The van der Waals surface area contributed by atoms with E-state index in [-0.39, 0.29) is 12.5 Å². The van der Waals surface area contributed by atoms with Crippen LogP contribution in [0.3, 0.4) is 0 Å². The summed E-state index contributed by atoms with van der Waals surface area (Å²) in [4.78, 5) is 12.4. The number of hydrogen-bond acceptors (Lipinski definition) is 3. The molecular weight excluding hydrogens is 442 g/mol. The molecule has 0 saturated carbocycles. The van der Waals surface area contributed by atoms with E-state index in [0.29, 0.717) is 33.7 Å². The number of aromatic nitrogens is 4. The average Bonchev–Trinajstić information content (AvgIpc) is 3.25. The molecule has 0 fully saturated rings. The third-order valence-corrected chi connectivity index (χ3v) is 5.15. The summed E-state index contributed by atoms with van der Waals surface area (Å²) in [6, 6.07) is 7.74. The average molecular weight is 460 g/mol. The van der Waals surface area contributed by atoms with Crippen molar-refractivity contribution in [1.82, 2.24) is 19.6 Å². The first-order valence-corrected chi connectivity index (χ1v) is 9.69. The van der Waals surface area contributed by atoms with E-state index in [1.165, 1.54) is 11.6 Å². The third kappa shape index (κ3) is 5.14. The van der Waals surface area contributed by atoms with E-state index in [9.17, 15) is 18.0 Å². The molecule has 11 heteroatoms. The van der Waals surface area contributed by atoms with Gasteiger partial charge >= 0.3 is 6.18 Å². The molecule has 0 radical (unpaired) electrons. The Morgan fingerprint density at radius 3 is 2.47 bits per heavy atom. The number of aryl methyl sites for hydroxylation is 1. The third-order valence-electron chi connectivity index (χ3n) is 4.44. The van der Waals surface area contributed by atoms with Gasteiger partial charge < -0.3 is 5.32 Å².